The van der Waals surface area contributed by atoms with E-state index in [-0.39, 0.29) is 11.6 Å². The summed E-state index contributed by atoms with van der Waals surface area (Å²) in [6, 6.07) is 0. The first-order valence-electron chi connectivity index (χ1n) is 6.88. The smallest absolute Gasteiger partial charge is 0.0767 e. The van der Waals surface area contributed by atoms with E-state index in [4.69, 9.17) is 0 Å². The molecular weight excluding hydrogens is 214 g/mol. The molecule has 1 aliphatic rings. The molecule has 0 spiro atoms. The van der Waals surface area contributed by atoms with Gasteiger partial charge in [0.1, 0.15) is 0 Å². The van der Waals surface area contributed by atoms with E-state index in [1.807, 2.05) is 13.8 Å². The lowest BCUT2D eigenvalue weighted by molar-refractivity contribution is -0.0107. The minimum atomic E-state index is -0.792. The third kappa shape index (κ3) is 4.57. The minimum absolute atomic E-state index is 0.292. The second-order valence-corrected chi connectivity index (χ2v) is 6.60. The molecule has 1 aliphatic carbocycles. The molecule has 1 saturated carbocycles. The molecule has 0 saturated heterocycles. The molecule has 0 aliphatic heterocycles. The van der Waals surface area contributed by atoms with Gasteiger partial charge in [-0.3, -0.25) is 0 Å². The van der Waals surface area contributed by atoms with Gasteiger partial charge in [0.2, 0.25) is 0 Å². The highest BCUT2D eigenvalue weighted by Crippen LogP contribution is 2.28. The fourth-order valence-electron chi connectivity index (χ4n) is 2.30. The van der Waals surface area contributed by atoms with E-state index in [1.165, 1.54) is 25.7 Å². The summed E-state index contributed by atoms with van der Waals surface area (Å²) < 4.78 is 0. The molecule has 1 rings (SSSR count). The van der Waals surface area contributed by atoms with Crippen LogP contribution >= 0.6 is 0 Å². The third-order valence-corrected chi connectivity index (χ3v) is 4.39. The monoisotopic (exact) mass is 243 g/mol. The summed E-state index contributed by atoms with van der Waals surface area (Å²) >= 11 is 0. The Kier molecular flexibility index (Phi) is 4.99. The van der Waals surface area contributed by atoms with Crippen LogP contribution in [0, 0.1) is 5.92 Å². The summed E-state index contributed by atoms with van der Waals surface area (Å²) in [7, 11) is 0. The Balaban J connectivity index is 2.29. The summed E-state index contributed by atoms with van der Waals surface area (Å²) in [6.45, 7) is 8.09. The van der Waals surface area contributed by atoms with Crippen LogP contribution in [0.1, 0.15) is 59.8 Å². The van der Waals surface area contributed by atoms with Gasteiger partial charge >= 0.3 is 0 Å². The maximum atomic E-state index is 10.00. The maximum Gasteiger partial charge on any atom is 0.0767 e. The second-order valence-electron chi connectivity index (χ2n) is 6.60. The van der Waals surface area contributed by atoms with Crippen LogP contribution < -0.4 is 5.32 Å². The van der Waals surface area contributed by atoms with Gasteiger partial charge in [-0.05, 0) is 40.0 Å². The van der Waals surface area contributed by atoms with Gasteiger partial charge < -0.3 is 15.5 Å². The fraction of sp³-hybridized carbons (Fsp3) is 1.00. The number of hydrogen-bond acceptors (Lipinski definition) is 3. The average molecular weight is 243 g/mol. The first-order valence-corrected chi connectivity index (χ1v) is 6.88. The highest BCUT2D eigenvalue weighted by Gasteiger charge is 2.34. The summed E-state index contributed by atoms with van der Waals surface area (Å²) in [4.78, 5) is 0. The molecular formula is C14H29NO2. The van der Waals surface area contributed by atoms with Gasteiger partial charge in [-0.25, -0.2) is 0 Å². The topological polar surface area (TPSA) is 52.5 Å². The van der Waals surface area contributed by atoms with Crippen molar-refractivity contribution >= 4 is 0 Å². The SMILES string of the molecule is CC(C)(O)C(C)(C)NCC(O)CC1CCCC1. The molecule has 1 atom stereocenters. The van der Waals surface area contributed by atoms with Crippen molar-refractivity contribution in [3.8, 4) is 0 Å². The van der Waals surface area contributed by atoms with Crippen LogP contribution in [0.2, 0.25) is 0 Å². The van der Waals surface area contributed by atoms with Crippen molar-refractivity contribution in [1.29, 1.82) is 0 Å². The molecule has 17 heavy (non-hydrogen) atoms. The van der Waals surface area contributed by atoms with Gasteiger partial charge in [0.25, 0.3) is 0 Å². The van der Waals surface area contributed by atoms with E-state index in [0.29, 0.717) is 12.5 Å². The van der Waals surface area contributed by atoms with Gasteiger partial charge in [0.15, 0.2) is 0 Å². The molecule has 0 aromatic rings. The van der Waals surface area contributed by atoms with E-state index in [2.05, 4.69) is 5.32 Å². The van der Waals surface area contributed by atoms with Crippen LogP contribution in [0.5, 0.6) is 0 Å². The van der Waals surface area contributed by atoms with Crippen molar-refractivity contribution in [2.45, 2.75) is 77.0 Å². The number of rotatable bonds is 6. The van der Waals surface area contributed by atoms with Gasteiger partial charge in [-0.1, -0.05) is 25.7 Å². The Morgan fingerprint density at radius 2 is 1.71 bits per heavy atom. The zero-order valence-electron chi connectivity index (χ0n) is 11.8. The zero-order chi connectivity index (χ0) is 13.1. The summed E-state index contributed by atoms with van der Waals surface area (Å²) in [5.74, 6) is 0.706. The summed E-state index contributed by atoms with van der Waals surface area (Å²) in [5, 5.41) is 23.3. The lowest BCUT2D eigenvalue weighted by Gasteiger charge is -2.39. The van der Waals surface area contributed by atoms with Crippen molar-refractivity contribution in [1.82, 2.24) is 5.32 Å². The van der Waals surface area contributed by atoms with Gasteiger partial charge in [0.05, 0.1) is 11.7 Å². The third-order valence-electron chi connectivity index (χ3n) is 4.39. The van der Waals surface area contributed by atoms with Gasteiger partial charge in [0, 0.05) is 12.1 Å². The molecule has 0 bridgehead atoms. The lowest BCUT2D eigenvalue weighted by atomic mass is 9.85. The lowest BCUT2D eigenvalue weighted by Crippen LogP contribution is -2.57. The number of hydrogen-bond donors (Lipinski definition) is 3. The molecule has 3 nitrogen and oxygen atoms in total. The number of aliphatic hydroxyl groups is 2. The van der Waals surface area contributed by atoms with Crippen molar-refractivity contribution < 1.29 is 10.2 Å². The zero-order valence-corrected chi connectivity index (χ0v) is 11.8. The first kappa shape index (κ1) is 14.9. The predicted octanol–water partition coefficient (Wildman–Crippen LogP) is 2.07. The Morgan fingerprint density at radius 3 is 2.18 bits per heavy atom. The van der Waals surface area contributed by atoms with Crippen LogP contribution in [-0.2, 0) is 0 Å². The number of β-amino-alcohol motifs (C(OH)–C–C–N with tert-alkyl or cyclic N) is 1. The van der Waals surface area contributed by atoms with Crippen molar-refractivity contribution in [2.75, 3.05) is 6.54 Å². The summed E-state index contributed by atoms with van der Waals surface area (Å²) in [6.07, 6.45) is 5.78. The Hall–Kier alpha value is -0.120. The molecule has 102 valence electrons. The van der Waals surface area contributed by atoms with E-state index in [1.54, 1.807) is 13.8 Å². The number of nitrogens with one attached hydrogen (secondary N) is 1. The first-order chi connectivity index (χ1) is 7.72. The van der Waals surface area contributed by atoms with Crippen LogP contribution in [0.3, 0.4) is 0 Å². The number of aliphatic hydroxyl groups excluding tert-OH is 1. The predicted molar refractivity (Wildman–Crippen MR) is 71.0 cm³/mol. The molecule has 3 N–H and O–H groups in total. The highest BCUT2D eigenvalue weighted by molar-refractivity contribution is 4.93. The normalized spacial score (nSPS) is 20.8. The Morgan fingerprint density at radius 1 is 1.18 bits per heavy atom. The fourth-order valence-corrected chi connectivity index (χ4v) is 2.30. The quantitative estimate of drug-likeness (QED) is 0.669. The summed E-state index contributed by atoms with van der Waals surface area (Å²) in [5.41, 5.74) is -1.18. The van der Waals surface area contributed by atoms with Crippen molar-refractivity contribution in [3.05, 3.63) is 0 Å². The van der Waals surface area contributed by atoms with Gasteiger partial charge in [-0.2, -0.15) is 0 Å². The van der Waals surface area contributed by atoms with E-state index >= 15 is 0 Å². The van der Waals surface area contributed by atoms with Crippen LogP contribution in [0.15, 0.2) is 0 Å². The molecule has 0 amide bonds. The van der Waals surface area contributed by atoms with Crippen molar-refractivity contribution in [2.24, 2.45) is 5.92 Å². The molecule has 0 aromatic carbocycles. The largest absolute Gasteiger partial charge is 0.392 e. The molecule has 0 heterocycles. The van der Waals surface area contributed by atoms with E-state index < -0.39 is 5.60 Å². The average Bonchev–Trinajstić information content (AvgIpc) is 2.66. The highest BCUT2D eigenvalue weighted by atomic mass is 16.3. The Labute approximate surface area is 106 Å². The standard InChI is InChI=1S/C14H29NO2/c1-13(2,14(3,4)17)15-10-12(16)9-11-7-5-6-8-11/h11-12,15-17H,5-10H2,1-4H3. The Bertz CT molecular complexity index is 227. The van der Waals surface area contributed by atoms with Crippen LogP contribution in [-0.4, -0.2) is 34.0 Å². The van der Waals surface area contributed by atoms with Crippen molar-refractivity contribution in [3.63, 3.8) is 0 Å². The van der Waals surface area contributed by atoms with E-state index in [9.17, 15) is 10.2 Å². The molecule has 0 aromatic heterocycles. The molecule has 1 unspecified atom stereocenters. The van der Waals surface area contributed by atoms with Gasteiger partial charge in [-0.15, -0.1) is 0 Å². The van der Waals surface area contributed by atoms with Crippen LogP contribution in [0.4, 0.5) is 0 Å². The van der Waals surface area contributed by atoms with E-state index in [0.717, 1.165) is 6.42 Å². The maximum absolute atomic E-state index is 10.00. The molecule has 0 radical (unpaired) electrons. The molecule has 1 fully saturated rings. The molecule has 3 heteroatoms. The van der Waals surface area contributed by atoms with Crippen LogP contribution in [0.25, 0.3) is 0 Å². The second kappa shape index (κ2) is 5.68. The minimum Gasteiger partial charge on any atom is -0.392 e.